The lowest BCUT2D eigenvalue weighted by Gasteiger charge is -2.46. The fraction of sp³-hybridized carbons (Fsp3) is 0.520. The first-order valence-electron chi connectivity index (χ1n) is 11.1. The van der Waals surface area contributed by atoms with E-state index in [9.17, 15) is 0 Å². The molecule has 160 valence electrons. The third-order valence-electron chi connectivity index (χ3n) is 7.55. The third kappa shape index (κ3) is 3.24. The average molecular weight is 409 g/mol. The summed E-state index contributed by atoms with van der Waals surface area (Å²) in [4.78, 5) is 9.65. The van der Waals surface area contributed by atoms with Gasteiger partial charge in [-0.1, -0.05) is 13.0 Å². The highest BCUT2D eigenvalue weighted by Gasteiger charge is 2.46. The fourth-order valence-corrected chi connectivity index (χ4v) is 5.35. The second kappa shape index (κ2) is 7.77. The molecular weight excluding hydrogens is 375 g/mol. The van der Waals surface area contributed by atoms with Crippen molar-refractivity contribution in [2.75, 3.05) is 31.6 Å². The molecule has 1 aromatic heterocycles. The van der Waals surface area contributed by atoms with Gasteiger partial charge in [-0.05, 0) is 88.9 Å². The van der Waals surface area contributed by atoms with Crippen LogP contribution in [0.5, 0.6) is 0 Å². The Labute approximate surface area is 179 Å². The zero-order valence-corrected chi connectivity index (χ0v) is 18.8. The number of piperidine rings is 1. The van der Waals surface area contributed by atoms with Gasteiger partial charge in [0.25, 0.3) is 0 Å². The second-order valence-electron chi connectivity index (χ2n) is 9.14. The Morgan fingerprint density at radius 3 is 2.83 bits per heavy atom. The topological polar surface area (TPSA) is 43.2 Å². The highest BCUT2D eigenvalue weighted by atomic mass is 19.1. The van der Waals surface area contributed by atoms with Gasteiger partial charge < -0.3 is 15.2 Å². The maximum atomic E-state index is 15.0. The summed E-state index contributed by atoms with van der Waals surface area (Å²) in [5, 5.41) is 9.54. The van der Waals surface area contributed by atoms with Crippen LogP contribution in [0.4, 0.5) is 10.2 Å². The summed E-state index contributed by atoms with van der Waals surface area (Å²) in [7, 11) is 2.22. The zero-order valence-electron chi connectivity index (χ0n) is 18.8. The van der Waals surface area contributed by atoms with Crippen molar-refractivity contribution in [2.24, 2.45) is 5.92 Å². The molecule has 0 bridgehead atoms. The van der Waals surface area contributed by atoms with Crippen LogP contribution in [0.1, 0.15) is 50.3 Å². The van der Waals surface area contributed by atoms with Crippen molar-refractivity contribution in [1.82, 2.24) is 9.88 Å². The number of allylic oxidation sites excluding steroid dienone is 2. The maximum Gasteiger partial charge on any atom is 0.149 e. The van der Waals surface area contributed by atoms with Crippen molar-refractivity contribution in [3.63, 3.8) is 0 Å². The van der Waals surface area contributed by atoms with Gasteiger partial charge in [-0.15, -0.1) is 0 Å². The molecule has 4 rings (SSSR count). The number of rotatable bonds is 4. The molecule has 2 unspecified atom stereocenters. The van der Waals surface area contributed by atoms with Crippen LogP contribution in [0, 0.1) is 24.1 Å². The number of pyridine rings is 1. The average Bonchev–Trinajstić information content (AvgIpc) is 3.02. The van der Waals surface area contributed by atoms with Crippen molar-refractivity contribution in [3.8, 4) is 0 Å². The van der Waals surface area contributed by atoms with E-state index in [1.807, 2.05) is 39.0 Å². The van der Waals surface area contributed by atoms with Gasteiger partial charge in [0.05, 0.1) is 5.71 Å². The van der Waals surface area contributed by atoms with Gasteiger partial charge in [0.1, 0.15) is 17.2 Å². The van der Waals surface area contributed by atoms with E-state index in [0.29, 0.717) is 17.1 Å². The number of halogens is 1. The monoisotopic (exact) mass is 408 g/mol. The maximum absolute atomic E-state index is 15.0. The first-order valence-corrected chi connectivity index (χ1v) is 11.1. The first-order chi connectivity index (χ1) is 14.3. The summed E-state index contributed by atoms with van der Waals surface area (Å²) in [6, 6.07) is 3.64. The van der Waals surface area contributed by atoms with Gasteiger partial charge >= 0.3 is 0 Å². The molecule has 2 aromatic rings. The predicted molar refractivity (Wildman–Crippen MR) is 123 cm³/mol. The Morgan fingerprint density at radius 1 is 1.37 bits per heavy atom. The molecule has 30 heavy (non-hydrogen) atoms. The number of fused-ring (bicyclic) bond motifs is 2. The lowest BCUT2D eigenvalue weighted by Crippen LogP contribution is -2.53. The summed E-state index contributed by atoms with van der Waals surface area (Å²) in [6.07, 6.45) is 6.71. The summed E-state index contributed by atoms with van der Waals surface area (Å²) in [5.74, 6) is 1.06. The Bertz CT molecular complexity index is 1030. The molecule has 0 amide bonds. The summed E-state index contributed by atoms with van der Waals surface area (Å²) in [5.41, 5.74) is 3.84. The number of hydrogen-bond donors (Lipinski definition) is 1. The Morgan fingerprint density at radius 2 is 2.13 bits per heavy atom. The minimum absolute atomic E-state index is 0.223. The van der Waals surface area contributed by atoms with Crippen molar-refractivity contribution >= 4 is 22.4 Å². The number of aromatic nitrogens is 1. The molecule has 0 radical (unpaired) electrons. The van der Waals surface area contributed by atoms with Crippen molar-refractivity contribution in [3.05, 3.63) is 46.8 Å². The van der Waals surface area contributed by atoms with E-state index in [1.165, 1.54) is 6.42 Å². The molecule has 2 atom stereocenters. The lowest BCUT2D eigenvalue weighted by molar-refractivity contribution is 0.124. The summed E-state index contributed by atoms with van der Waals surface area (Å²) < 4.78 is 15.0. The normalized spacial score (nSPS) is 24.7. The van der Waals surface area contributed by atoms with E-state index in [1.54, 1.807) is 6.07 Å². The molecule has 4 nitrogen and oxygen atoms in total. The molecule has 2 aliphatic rings. The van der Waals surface area contributed by atoms with E-state index in [2.05, 4.69) is 23.8 Å². The smallest absolute Gasteiger partial charge is 0.149 e. The van der Waals surface area contributed by atoms with E-state index in [-0.39, 0.29) is 11.4 Å². The van der Waals surface area contributed by atoms with Gasteiger partial charge in [0.2, 0.25) is 0 Å². The standard InChI is InChI=1S/C25H33FN4/c1-6-8-21(27)22-16(3)19-13-17(7-2)14-20(26)23(19)28-24(22)30-12-10-25(4)18(15-30)9-11-29(25)5/h6,8,13-14,18,27H,7,9-12,15H2,1-5H3/b8-6-,27-21?. The lowest BCUT2D eigenvalue weighted by atomic mass is 9.80. The van der Waals surface area contributed by atoms with Crippen LogP contribution >= 0.6 is 0 Å². The number of likely N-dealkylation sites (tertiary alicyclic amines) is 1. The van der Waals surface area contributed by atoms with Gasteiger partial charge in [0.15, 0.2) is 0 Å². The van der Waals surface area contributed by atoms with Crippen LogP contribution in [0.25, 0.3) is 10.9 Å². The molecule has 1 N–H and O–H groups in total. The highest BCUT2D eigenvalue weighted by Crippen LogP contribution is 2.42. The molecule has 2 saturated heterocycles. The van der Waals surface area contributed by atoms with Gasteiger partial charge in [-0.3, -0.25) is 0 Å². The summed E-state index contributed by atoms with van der Waals surface area (Å²) >= 11 is 0. The zero-order chi connectivity index (χ0) is 21.6. The van der Waals surface area contributed by atoms with Crippen LogP contribution in [-0.2, 0) is 6.42 Å². The third-order valence-corrected chi connectivity index (χ3v) is 7.55. The largest absolute Gasteiger partial charge is 0.356 e. The molecule has 0 spiro atoms. The highest BCUT2D eigenvalue weighted by molar-refractivity contribution is 6.13. The molecule has 0 aliphatic carbocycles. The molecule has 0 saturated carbocycles. The molecule has 3 heterocycles. The summed E-state index contributed by atoms with van der Waals surface area (Å²) in [6.45, 7) is 11.2. The number of nitrogens with zero attached hydrogens (tertiary/aromatic N) is 3. The molecule has 1 aromatic carbocycles. The van der Waals surface area contributed by atoms with E-state index >= 15 is 4.39 Å². The van der Waals surface area contributed by atoms with E-state index < -0.39 is 0 Å². The number of benzene rings is 1. The first kappa shape index (κ1) is 21.0. The minimum atomic E-state index is -0.264. The number of aryl methyl sites for hydroxylation is 2. The molecule has 2 fully saturated rings. The molecule has 5 heteroatoms. The van der Waals surface area contributed by atoms with Crippen LogP contribution in [0.15, 0.2) is 24.3 Å². The second-order valence-corrected chi connectivity index (χ2v) is 9.14. The van der Waals surface area contributed by atoms with Crippen LogP contribution in [-0.4, -0.2) is 47.8 Å². The Hall–Kier alpha value is -2.27. The van der Waals surface area contributed by atoms with E-state index in [4.69, 9.17) is 10.4 Å². The molecular formula is C25H33FN4. The van der Waals surface area contributed by atoms with Gasteiger partial charge in [0, 0.05) is 29.6 Å². The van der Waals surface area contributed by atoms with Crippen LogP contribution in [0.3, 0.4) is 0 Å². The Balaban J connectivity index is 1.87. The fourth-order valence-electron chi connectivity index (χ4n) is 5.35. The number of hydrogen-bond acceptors (Lipinski definition) is 4. The quantitative estimate of drug-likeness (QED) is 0.715. The Kier molecular flexibility index (Phi) is 5.43. The number of anilines is 1. The van der Waals surface area contributed by atoms with Gasteiger partial charge in [-0.25, -0.2) is 9.37 Å². The van der Waals surface area contributed by atoms with Crippen molar-refractivity contribution in [2.45, 2.75) is 52.5 Å². The molecule has 2 aliphatic heterocycles. The SMILES string of the molecule is C/C=C\C(=N)c1c(N2CCC3(C)C(CCN3C)C2)nc2c(F)cc(CC)cc2c1C. The predicted octanol–water partition coefficient (Wildman–Crippen LogP) is 5.11. The number of nitrogens with one attached hydrogen (secondary N) is 1. The minimum Gasteiger partial charge on any atom is -0.356 e. The van der Waals surface area contributed by atoms with Crippen molar-refractivity contribution in [1.29, 1.82) is 5.41 Å². The van der Waals surface area contributed by atoms with E-state index in [0.717, 1.165) is 60.4 Å². The van der Waals surface area contributed by atoms with Crippen molar-refractivity contribution < 1.29 is 4.39 Å². The van der Waals surface area contributed by atoms with Crippen LogP contribution < -0.4 is 4.90 Å². The van der Waals surface area contributed by atoms with Crippen LogP contribution in [0.2, 0.25) is 0 Å². The van der Waals surface area contributed by atoms with Gasteiger partial charge in [-0.2, -0.15) is 0 Å².